The summed E-state index contributed by atoms with van der Waals surface area (Å²) in [5.74, 6) is 0. The van der Waals surface area contributed by atoms with E-state index in [0.29, 0.717) is 5.02 Å². The minimum atomic E-state index is -0.507. The van der Waals surface area contributed by atoms with E-state index in [1.54, 1.807) is 0 Å². The molecule has 10 rings (SSSR count). The highest BCUT2D eigenvalue weighted by Crippen LogP contribution is 2.58. The van der Waals surface area contributed by atoms with E-state index in [9.17, 15) is 0 Å². The van der Waals surface area contributed by atoms with Gasteiger partial charge < -0.3 is 4.42 Å². The van der Waals surface area contributed by atoms with Crippen molar-refractivity contribution in [3.63, 3.8) is 0 Å². The maximum absolute atomic E-state index is 6.92. The third-order valence-corrected chi connectivity index (χ3v) is 11.3. The fraction of sp³-hybridized carbons (Fsp3) is 0.0233. The van der Waals surface area contributed by atoms with Crippen LogP contribution >= 0.6 is 22.9 Å². The molecule has 0 spiro atoms. The number of hydrogen-bond donors (Lipinski definition) is 0. The first-order valence-corrected chi connectivity index (χ1v) is 16.7. The molecule has 3 heteroatoms. The molecule has 2 heterocycles. The molecule has 7 aromatic carbocycles. The summed E-state index contributed by atoms with van der Waals surface area (Å²) in [4.78, 5) is 0. The van der Waals surface area contributed by atoms with E-state index in [0.717, 1.165) is 33.1 Å². The van der Waals surface area contributed by atoms with Gasteiger partial charge in [0.25, 0.3) is 0 Å². The lowest BCUT2D eigenvalue weighted by Gasteiger charge is -2.34. The van der Waals surface area contributed by atoms with E-state index in [2.05, 4.69) is 127 Å². The smallest absolute Gasteiger partial charge is 0.144 e. The Morgan fingerprint density at radius 1 is 0.478 bits per heavy atom. The number of benzene rings is 7. The Morgan fingerprint density at radius 3 is 1.91 bits per heavy atom. The van der Waals surface area contributed by atoms with Crippen molar-refractivity contribution in [3.8, 4) is 22.3 Å². The van der Waals surface area contributed by atoms with Crippen LogP contribution in [0.5, 0.6) is 0 Å². The van der Waals surface area contributed by atoms with Gasteiger partial charge in [0.15, 0.2) is 0 Å². The van der Waals surface area contributed by atoms with Crippen LogP contribution in [0.2, 0.25) is 5.02 Å². The Morgan fingerprint density at radius 2 is 1.13 bits per heavy atom. The van der Waals surface area contributed by atoms with Crippen molar-refractivity contribution in [1.29, 1.82) is 0 Å². The standard InChI is InChI=1S/C43H25ClOS/c44-36-23-22-30(42-41(36)31-16-6-10-20-37(31)45-42)33-24-27(25-39-40(33)32-17-7-11-21-38(32)46-39)43(26-12-2-1-3-13-26)34-18-8-4-14-28(34)29-15-5-9-19-35(29)43/h1-25H. The highest BCUT2D eigenvalue weighted by Gasteiger charge is 2.46. The van der Waals surface area contributed by atoms with Gasteiger partial charge in [-0.05, 0) is 75.3 Å². The summed E-state index contributed by atoms with van der Waals surface area (Å²) in [6.45, 7) is 0. The average molecular weight is 625 g/mol. The van der Waals surface area contributed by atoms with Crippen molar-refractivity contribution >= 4 is 65.0 Å². The van der Waals surface area contributed by atoms with E-state index in [4.69, 9.17) is 16.0 Å². The van der Waals surface area contributed by atoms with Crippen LogP contribution in [0, 0.1) is 0 Å². The van der Waals surface area contributed by atoms with Gasteiger partial charge in [-0.1, -0.05) is 127 Å². The summed E-state index contributed by atoms with van der Waals surface area (Å²) >= 11 is 8.78. The van der Waals surface area contributed by atoms with Crippen LogP contribution in [0.3, 0.4) is 0 Å². The Bertz CT molecular complexity index is 2620. The molecule has 0 saturated carbocycles. The van der Waals surface area contributed by atoms with Crippen LogP contribution in [-0.2, 0) is 5.41 Å². The molecule has 1 aliphatic carbocycles. The van der Waals surface area contributed by atoms with Gasteiger partial charge in [0.05, 0.1) is 10.4 Å². The molecule has 1 nitrogen and oxygen atoms in total. The third kappa shape index (κ3) is 3.41. The zero-order valence-electron chi connectivity index (χ0n) is 24.6. The molecule has 0 unspecified atom stereocenters. The van der Waals surface area contributed by atoms with E-state index in [1.807, 2.05) is 35.6 Å². The fourth-order valence-electron chi connectivity index (χ4n) is 8.00. The van der Waals surface area contributed by atoms with Gasteiger partial charge in [-0.25, -0.2) is 0 Å². The molecule has 1 aliphatic rings. The first-order chi connectivity index (χ1) is 22.7. The molecule has 0 bridgehead atoms. The molecular weight excluding hydrogens is 600 g/mol. The van der Waals surface area contributed by atoms with Crippen LogP contribution in [0.4, 0.5) is 0 Å². The number of halogens is 1. The maximum Gasteiger partial charge on any atom is 0.144 e. The molecule has 46 heavy (non-hydrogen) atoms. The normalized spacial score (nSPS) is 13.5. The van der Waals surface area contributed by atoms with Gasteiger partial charge in [0.1, 0.15) is 11.2 Å². The van der Waals surface area contributed by atoms with Gasteiger partial charge in [0, 0.05) is 36.5 Å². The van der Waals surface area contributed by atoms with Gasteiger partial charge in [-0.3, -0.25) is 0 Å². The molecule has 216 valence electrons. The summed E-state index contributed by atoms with van der Waals surface area (Å²) in [6.07, 6.45) is 0. The van der Waals surface area contributed by atoms with E-state index in [-0.39, 0.29) is 0 Å². The second-order valence-electron chi connectivity index (χ2n) is 12.1. The second-order valence-corrected chi connectivity index (χ2v) is 13.6. The summed E-state index contributed by atoms with van der Waals surface area (Å²) in [5.41, 5.74) is 11.0. The van der Waals surface area contributed by atoms with Crippen LogP contribution in [0.15, 0.2) is 156 Å². The number of furan rings is 1. The molecule has 0 radical (unpaired) electrons. The minimum Gasteiger partial charge on any atom is -0.455 e. The lowest BCUT2D eigenvalue weighted by atomic mass is 9.67. The molecule has 0 atom stereocenters. The molecule has 0 N–H and O–H groups in total. The van der Waals surface area contributed by atoms with Gasteiger partial charge >= 0.3 is 0 Å². The number of hydrogen-bond acceptors (Lipinski definition) is 2. The fourth-order valence-corrected chi connectivity index (χ4v) is 9.42. The molecule has 0 saturated heterocycles. The zero-order chi connectivity index (χ0) is 30.4. The number of para-hydroxylation sites is 1. The van der Waals surface area contributed by atoms with Crippen molar-refractivity contribution in [3.05, 3.63) is 179 Å². The van der Waals surface area contributed by atoms with Crippen molar-refractivity contribution in [2.45, 2.75) is 5.41 Å². The average Bonchev–Trinajstić information content (AvgIpc) is 3.78. The number of thiophene rings is 1. The van der Waals surface area contributed by atoms with Crippen molar-refractivity contribution in [2.24, 2.45) is 0 Å². The number of fused-ring (bicyclic) bond motifs is 9. The summed E-state index contributed by atoms with van der Waals surface area (Å²) in [6, 6.07) is 54.8. The van der Waals surface area contributed by atoms with Crippen LogP contribution in [0.25, 0.3) is 64.4 Å². The molecule has 2 aromatic heterocycles. The van der Waals surface area contributed by atoms with Crippen LogP contribution < -0.4 is 0 Å². The van der Waals surface area contributed by atoms with Crippen LogP contribution in [0.1, 0.15) is 22.3 Å². The van der Waals surface area contributed by atoms with E-state index < -0.39 is 5.41 Å². The van der Waals surface area contributed by atoms with Crippen molar-refractivity contribution in [2.75, 3.05) is 0 Å². The highest BCUT2D eigenvalue weighted by molar-refractivity contribution is 7.26. The SMILES string of the molecule is Clc1ccc(-c2cc(C3(c4ccccc4)c4ccccc4-c4ccccc43)cc3sc4ccccc4c23)c2oc3ccccc3c12. The monoisotopic (exact) mass is 624 g/mol. The second kappa shape index (κ2) is 9.67. The van der Waals surface area contributed by atoms with E-state index in [1.165, 1.54) is 53.6 Å². The lowest BCUT2D eigenvalue weighted by Crippen LogP contribution is -2.28. The Kier molecular flexibility index (Phi) is 5.49. The third-order valence-electron chi connectivity index (χ3n) is 9.84. The number of rotatable bonds is 3. The van der Waals surface area contributed by atoms with E-state index >= 15 is 0 Å². The largest absolute Gasteiger partial charge is 0.455 e. The predicted octanol–water partition coefficient (Wildman–Crippen LogP) is 12.6. The Balaban J connectivity index is 1.40. The Hall–Kier alpha value is -5.15. The summed E-state index contributed by atoms with van der Waals surface area (Å²) in [7, 11) is 0. The molecule has 0 fully saturated rings. The molecule has 0 aliphatic heterocycles. The van der Waals surface area contributed by atoms with Gasteiger partial charge in [0.2, 0.25) is 0 Å². The maximum atomic E-state index is 6.92. The van der Waals surface area contributed by atoms with Crippen molar-refractivity contribution in [1.82, 2.24) is 0 Å². The summed E-state index contributed by atoms with van der Waals surface area (Å²) in [5, 5.41) is 5.19. The topological polar surface area (TPSA) is 13.1 Å². The van der Waals surface area contributed by atoms with Gasteiger partial charge in [-0.15, -0.1) is 11.3 Å². The lowest BCUT2D eigenvalue weighted by molar-refractivity contribution is 0.670. The quantitative estimate of drug-likeness (QED) is 0.191. The minimum absolute atomic E-state index is 0.507. The predicted molar refractivity (Wildman–Crippen MR) is 194 cm³/mol. The first kappa shape index (κ1) is 26.1. The Labute approximate surface area is 274 Å². The first-order valence-electron chi connectivity index (χ1n) is 15.5. The zero-order valence-corrected chi connectivity index (χ0v) is 26.2. The molecule has 0 amide bonds. The summed E-state index contributed by atoms with van der Waals surface area (Å²) < 4.78 is 9.19. The van der Waals surface area contributed by atoms with Crippen molar-refractivity contribution < 1.29 is 4.42 Å². The highest BCUT2D eigenvalue weighted by atomic mass is 35.5. The van der Waals surface area contributed by atoms with Gasteiger partial charge in [-0.2, -0.15) is 0 Å². The molecule has 9 aromatic rings. The molecular formula is C43H25ClOS. The van der Waals surface area contributed by atoms with Crippen LogP contribution in [-0.4, -0.2) is 0 Å².